The molecule has 150 valence electrons. The first-order chi connectivity index (χ1) is 14.1. The number of anilines is 1. The number of nitrogens with two attached hydrogens (primary N) is 1. The number of rotatable bonds is 1. The lowest BCUT2D eigenvalue weighted by atomic mass is 9.51. The van der Waals surface area contributed by atoms with Gasteiger partial charge in [-0.1, -0.05) is 29.8 Å². The summed E-state index contributed by atoms with van der Waals surface area (Å²) >= 11 is 0. The van der Waals surface area contributed by atoms with Gasteiger partial charge >= 0.3 is 6.09 Å². The fourth-order valence-electron chi connectivity index (χ4n) is 7.92. The zero-order chi connectivity index (χ0) is 19.5. The topological polar surface area (TPSA) is 85.1 Å². The molecule has 29 heavy (non-hydrogen) atoms. The first-order valence-corrected chi connectivity index (χ1v) is 10.5. The van der Waals surface area contributed by atoms with Gasteiger partial charge in [-0.05, 0) is 36.9 Å². The number of carbonyl (C=O) groups excluding carboxylic acids is 2. The molecule has 6 atom stereocenters. The van der Waals surface area contributed by atoms with Crippen LogP contribution in [-0.2, 0) is 19.7 Å². The highest BCUT2D eigenvalue weighted by Gasteiger charge is 2.81. The van der Waals surface area contributed by atoms with Gasteiger partial charge in [-0.15, -0.1) is 0 Å². The van der Waals surface area contributed by atoms with Crippen molar-refractivity contribution in [2.24, 2.45) is 17.6 Å². The molecule has 2 N–H and O–H groups in total. The van der Waals surface area contributed by atoms with Crippen LogP contribution in [-0.4, -0.2) is 54.5 Å². The van der Waals surface area contributed by atoms with E-state index in [1.807, 2.05) is 18.2 Å². The summed E-state index contributed by atoms with van der Waals surface area (Å²) in [5.74, 6) is 0.0864. The Morgan fingerprint density at radius 1 is 1.31 bits per heavy atom. The highest BCUT2D eigenvalue weighted by Crippen LogP contribution is 2.70. The van der Waals surface area contributed by atoms with Crippen molar-refractivity contribution in [3.05, 3.63) is 41.5 Å². The third-order valence-corrected chi connectivity index (χ3v) is 8.56. The summed E-state index contributed by atoms with van der Waals surface area (Å²) in [6.07, 6.45) is 3.27. The maximum atomic E-state index is 13.5. The van der Waals surface area contributed by atoms with Gasteiger partial charge in [-0.2, -0.15) is 0 Å². The Labute approximate surface area is 168 Å². The van der Waals surface area contributed by atoms with Crippen molar-refractivity contribution >= 4 is 17.7 Å². The highest BCUT2D eigenvalue weighted by atomic mass is 16.6. The third-order valence-electron chi connectivity index (χ3n) is 8.56. The van der Waals surface area contributed by atoms with Crippen LogP contribution in [0.2, 0.25) is 0 Å². The molecule has 1 aromatic carbocycles. The minimum atomic E-state index is -1.12. The Morgan fingerprint density at radius 2 is 2.17 bits per heavy atom. The molecule has 1 spiro atoms. The van der Waals surface area contributed by atoms with E-state index in [-0.39, 0.29) is 29.9 Å². The highest BCUT2D eigenvalue weighted by molar-refractivity contribution is 6.00. The van der Waals surface area contributed by atoms with E-state index in [2.05, 4.69) is 17.0 Å². The van der Waals surface area contributed by atoms with Crippen LogP contribution in [0.3, 0.4) is 0 Å². The van der Waals surface area contributed by atoms with Crippen molar-refractivity contribution in [1.29, 1.82) is 0 Å². The lowest BCUT2D eigenvalue weighted by Crippen LogP contribution is -2.78. The lowest BCUT2D eigenvalue weighted by molar-refractivity contribution is -0.195. The van der Waals surface area contributed by atoms with Gasteiger partial charge in [0, 0.05) is 12.6 Å². The van der Waals surface area contributed by atoms with Crippen molar-refractivity contribution in [3.63, 3.8) is 0 Å². The molecule has 7 rings (SSSR count). The van der Waals surface area contributed by atoms with E-state index in [0.717, 1.165) is 37.2 Å². The fraction of sp³-hybridized carbons (Fsp3) is 0.545. The lowest BCUT2D eigenvalue weighted by Gasteiger charge is -2.63. The van der Waals surface area contributed by atoms with Crippen LogP contribution in [0, 0.1) is 11.8 Å². The number of hydrogen-bond donors (Lipinski definition) is 1. The largest absolute Gasteiger partial charge is 0.421 e. The maximum Gasteiger partial charge on any atom is 0.406 e. The fourth-order valence-corrected chi connectivity index (χ4v) is 7.92. The zero-order valence-electron chi connectivity index (χ0n) is 16.0. The molecule has 7 nitrogen and oxygen atoms in total. The van der Waals surface area contributed by atoms with E-state index in [4.69, 9.17) is 15.2 Å². The predicted molar refractivity (Wildman–Crippen MR) is 103 cm³/mol. The second-order valence-electron chi connectivity index (χ2n) is 9.29. The number of piperidine rings is 2. The molecule has 2 unspecified atom stereocenters. The molecule has 5 aliphatic heterocycles. The Balaban J connectivity index is 1.61. The number of para-hydroxylation sites is 1. The number of amides is 2. The summed E-state index contributed by atoms with van der Waals surface area (Å²) in [4.78, 5) is 30.2. The van der Waals surface area contributed by atoms with Crippen LogP contribution in [0.25, 0.3) is 0 Å². The molecule has 0 radical (unpaired) electrons. The monoisotopic (exact) mass is 393 g/mol. The van der Waals surface area contributed by atoms with Gasteiger partial charge < -0.3 is 15.2 Å². The van der Waals surface area contributed by atoms with Gasteiger partial charge in [0.05, 0.1) is 36.2 Å². The first kappa shape index (κ1) is 16.4. The SMILES string of the molecule is NC(=O)OC12[C@H]3C4CC(=O)N1c1ccccc1[C@@]21CCN2CC(=CCO4)[C@@H]3C[C@H]21. The van der Waals surface area contributed by atoms with Gasteiger partial charge in [-0.25, -0.2) is 4.79 Å². The van der Waals surface area contributed by atoms with Crippen molar-refractivity contribution in [2.75, 3.05) is 24.6 Å². The number of carbonyl (C=O) groups is 2. The van der Waals surface area contributed by atoms with E-state index in [1.54, 1.807) is 4.90 Å². The van der Waals surface area contributed by atoms with Gasteiger partial charge in [0.15, 0.2) is 0 Å². The molecule has 1 aromatic rings. The molecule has 2 amide bonds. The summed E-state index contributed by atoms with van der Waals surface area (Å²) in [7, 11) is 0. The molecule has 0 aromatic heterocycles. The quantitative estimate of drug-likeness (QED) is 0.731. The Morgan fingerprint density at radius 3 is 3.03 bits per heavy atom. The van der Waals surface area contributed by atoms with Gasteiger partial charge in [0.25, 0.3) is 0 Å². The van der Waals surface area contributed by atoms with Crippen molar-refractivity contribution in [1.82, 2.24) is 4.90 Å². The molecule has 4 fully saturated rings. The molecular weight excluding hydrogens is 370 g/mol. The summed E-state index contributed by atoms with van der Waals surface area (Å²) in [5, 5.41) is 0. The van der Waals surface area contributed by atoms with E-state index in [9.17, 15) is 9.59 Å². The second kappa shape index (κ2) is 5.02. The minimum Gasteiger partial charge on any atom is -0.421 e. The Hall–Kier alpha value is -2.38. The van der Waals surface area contributed by atoms with E-state index in [1.165, 1.54) is 5.57 Å². The van der Waals surface area contributed by atoms with Gasteiger partial charge in [-0.3, -0.25) is 14.6 Å². The van der Waals surface area contributed by atoms with E-state index in [0.29, 0.717) is 13.0 Å². The second-order valence-corrected chi connectivity index (χ2v) is 9.29. The van der Waals surface area contributed by atoms with Crippen LogP contribution in [0.15, 0.2) is 35.9 Å². The van der Waals surface area contributed by atoms with Gasteiger partial charge in [0.1, 0.15) is 0 Å². The molecule has 7 heteroatoms. The summed E-state index contributed by atoms with van der Waals surface area (Å²) in [5.41, 5.74) is 7.49. The molecule has 2 bridgehead atoms. The van der Waals surface area contributed by atoms with Gasteiger partial charge in [0.2, 0.25) is 11.6 Å². The summed E-state index contributed by atoms with van der Waals surface area (Å²) in [6.45, 7) is 2.37. The zero-order valence-corrected chi connectivity index (χ0v) is 16.0. The number of nitrogens with zero attached hydrogens (tertiary/aromatic N) is 2. The number of benzene rings is 1. The smallest absolute Gasteiger partial charge is 0.406 e. The standard InChI is InChI=1S/C22H23N3O4/c23-20(27)29-22-19-13-9-17-21(22)6-7-24(17)11-12(13)5-8-28-16(19)10-18(26)25(22)15-4-2-1-3-14(15)21/h1-5,13,16-17,19H,6-11H2,(H2,23,27)/t13-,16?,17-,19+,21+,22?/m0/s1. The number of fused-ring (bicyclic) bond motifs is 2. The average Bonchev–Trinajstić information content (AvgIpc) is 3.12. The minimum absolute atomic E-state index is 0.0429. The molecule has 5 heterocycles. The normalized spacial score (nSPS) is 43.5. The maximum absolute atomic E-state index is 13.5. The first-order valence-electron chi connectivity index (χ1n) is 10.5. The number of hydrogen-bond acceptors (Lipinski definition) is 5. The van der Waals surface area contributed by atoms with Crippen LogP contribution >= 0.6 is 0 Å². The molecule has 6 aliphatic rings. The van der Waals surface area contributed by atoms with Crippen LogP contribution in [0.5, 0.6) is 0 Å². The molecular formula is C22H23N3O4. The molecule has 1 saturated carbocycles. The predicted octanol–water partition coefficient (Wildman–Crippen LogP) is 1.52. The Kier molecular flexibility index (Phi) is 2.84. The van der Waals surface area contributed by atoms with Crippen molar-refractivity contribution < 1.29 is 19.1 Å². The summed E-state index contributed by atoms with van der Waals surface area (Å²) in [6, 6.07) is 8.31. The number of primary amides is 1. The van der Waals surface area contributed by atoms with E-state index < -0.39 is 17.2 Å². The third kappa shape index (κ3) is 1.60. The van der Waals surface area contributed by atoms with E-state index >= 15 is 0 Å². The van der Waals surface area contributed by atoms with Crippen LogP contribution in [0.4, 0.5) is 10.5 Å². The van der Waals surface area contributed by atoms with Crippen LogP contribution in [0.1, 0.15) is 24.8 Å². The molecule has 3 saturated heterocycles. The number of ether oxygens (including phenoxy) is 2. The average molecular weight is 393 g/mol. The van der Waals surface area contributed by atoms with Crippen molar-refractivity contribution in [3.8, 4) is 0 Å². The summed E-state index contributed by atoms with van der Waals surface area (Å²) < 4.78 is 12.4. The van der Waals surface area contributed by atoms with Crippen LogP contribution < -0.4 is 10.6 Å². The Bertz CT molecular complexity index is 1010. The van der Waals surface area contributed by atoms with Crippen molar-refractivity contribution in [2.45, 2.75) is 42.5 Å². The molecule has 1 aliphatic carbocycles.